The van der Waals surface area contributed by atoms with Crippen LogP contribution in [0.2, 0.25) is 5.02 Å². The minimum atomic E-state index is -0.0854. The third-order valence-corrected chi connectivity index (χ3v) is 6.70. The Labute approximate surface area is 169 Å². The summed E-state index contributed by atoms with van der Waals surface area (Å²) in [6.45, 7) is 0. The van der Waals surface area contributed by atoms with Crippen LogP contribution in [0.25, 0.3) is 0 Å². The molecule has 1 N–H and O–H groups in total. The van der Waals surface area contributed by atoms with Gasteiger partial charge in [0.05, 0.1) is 5.75 Å². The van der Waals surface area contributed by atoms with Gasteiger partial charge < -0.3 is 0 Å². The van der Waals surface area contributed by atoms with Gasteiger partial charge in [0, 0.05) is 16.5 Å². The SMILES string of the molecule is O=C(CSCc1ccccc1Cl)Nc1nnc(SCc2ccccc2)s1. The Morgan fingerprint density at radius 1 is 1.04 bits per heavy atom. The van der Waals surface area contributed by atoms with Crippen molar-refractivity contribution in [1.82, 2.24) is 10.2 Å². The Kier molecular flexibility index (Phi) is 7.37. The summed E-state index contributed by atoms with van der Waals surface area (Å²) in [5.41, 5.74) is 2.26. The van der Waals surface area contributed by atoms with E-state index in [1.54, 1.807) is 11.8 Å². The Morgan fingerprint density at radius 3 is 2.62 bits per heavy atom. The Bertz CT molecular complexity index is 858. The van der Waals surface area contributed by atoms with E-state index in [1.807, 2.05) is 42.5 Å². The molecule has 0 fully saturated rings. The zero-order chi connectivity index (χ0) is 18.2. The highest BCUT2D eigenvalue weighted by Gasteiger charge is 2.09. The number of carbonyl (C=O) groups is 1. The molecule has 2 aromatic carbocycles. The highest BCUT2D eigenvalue weighted by molar-refractivity contribution is 8.00. The van der Waals surface area contributed by atoms with Crippen LogP contribution in [-0.2, 0) is 16.3 Å². The van der Waals surface area contributed by atoms with Crippen LogP contribution in [0.3, 0.4) is 0 Å². The van der Waals surface area contributed by atoms with Crippen LogP contribution in [0.5, 0.6) is 0 Å². The number of benzene rings is 2. The molecule has 8 heteroatoms. The second-order valence-electron chi connectivity index (χ2n) is 5.28. The predicted molar refractivity (Wildman–Crippen MR) is 112 cm³/mol. The van der Waals surface area contributed by atoms with E-state index < -0.39 is 0 Å². The fourth-order valence-corrected chi connectivity index (χ4v) is 4.90. The number of rotatable bonds is 8. The summed E-state index contributed by atoms with van der Waals surface area (Å²) in [6.07, 6.45) is 0. The number of amides is 1. The van der Waals surface area contributed by atoms with Gasteiger partial charge >= 0.3 is 0 Å². The normalized spacial score (nSPS) is 10.7. The molecule has 4 nitrogen and oxygen atoms in total. The lowest BCUT2D eigenvalue weighted by Gasteiger charge is -2.04. The summed E-state index contributed by atoms with van der Waals surface area (Å²) >= 11 is 10.6. The monoisotopic (exact) mass is 421 g/mol. The molecule has 1 aromatic heterocycles. The summed E-state index contributed by atoms with van der Waals surface area (Å²) < 4.78 is 0.841. The average Bonchev–Trinajstić information content (AvgIpc) is 3.10. The van der Waals surface area contributed by atoms with Crippen molar-refractivity contribution < 1.29 is 4.79 Å². The number of carbonyl (C=O) groups excluding carboxylic acids is 1. The maximum atomic E-state index is 12.0. The lowest BCUT2D eigenvalue weighted by atomic mass is 10.2. The molecule has 0 aliphatic carbocycles. The molecule has 0 saturated carbocycles. The van der Waals surface area contributed by atoms with E-state index in [0.29, 0.717) is 16.6 Å². The van der Waals surface area contributed by atoms with E-state index in [9.17, 15) is 4.79 Å². The number of nitrogens with one attached hydrogen (secondary N) is 1. The van der Waals surface area contributed by atoms with Gasteiger partial charge in [0.25, 0.3) is 0 Å². The third-order valence-electron chi connectivity index (χ3n) is 3.31. The molecule has 0 atom stereocenters. The quantitative estimate of drug-likeness (QED) is 0.392. The Balaban J connectivity index is 1.42. The highest BCUT2D eigenvalue weighted by atomic mass is 35.5. The first kappa shape index (κ1) is 19.2. The molecule has 3 rings (SSSR count). The lowest BCUT2D eigenvalue weighted by molar-refractivity contribution is -0.113. The molecular weight excluding hydrogens is 406 g/mol. The molecule has 134 valence electrons. The van der Waals surface area contributed by atoms with Crippen LogP contribution in [0, 0.1) is 0 Å². The van der Waals surface area contributed by atoms with Crippen molar-refractivity contribution in [2.24, 2.45) is 0 Å². The number of halogens is 1. The van der Waals surface area contributed by atoms with E-state index in [0.717, 1.165) is 20.7 Å². The van der Waals surface area contributed by atoms with E-state index >= 15 is 0 Å². The van der Waals surface area contributed by atoms with Gasteiger partial charge in [-0.1, -0.05) is 83.2 Å². The predicted octanol–water partition coefficient (Wildman–Crippen LogP) is 5.36. The molecule has 3 aromatic rings. The van der Waals surface area contributed by atoms with E-state index in [4.69, 9.17) is 11.6 Å². The zero-order valence-corrected chi connectivity index (χ0v) is 16.9. The van der Waals surface area contributed by atoms with Gasteiger partial charge in [-0.25, -0.2) is 0 Å². The van der Waals surface area contributed by atoms with E-state index in [1.165, 1.54) is 28.7 Å². The summed E-state index contributed by atoms with van der Waals surface area (Å²) in [5, 5.41) is 12.2. The van der Waals surface area contributed by atoms with Crippen LogP contribution >= 0.6 is 46.5 Å². The van der Waals surface area contributed by atoms with Gasteiger partial charge in [-0.15, -0.1) is 22.0 Å². The molecule has 0 bridgehead atoms. The molecule has 0 saturated heterocycles. The summed E-state index contributed by atoms with van der Waals surface area (Å²) in [5.74, 6) is 1.79. The molecule has 0 spiro atoms. The molecule has 0 radical (unpaired) electrons. The Morgan fingerprint density at radius 2 is 1.81 bits per heavy atom. The van der Waals surface area contributed by atoms with Crippen molar-refractivity contribution in [3.05, 3.63) is 70.7 Å². The van der Waals surface area contributed by atoms with Gasteiger partial charge in [-0.05, 0) is 17.2 Å². The molecule has 26 heavy (non-hydrogen) atoms. The fourth-order valence-electron chi connectivity index (χ4n) is 2.06. The largest absolute Gasteiger partial charge is 0.300 e. The van der Waals surface area contributed by atoms with Crippen LogP contribution in [0.4, 0.5) is 5.13 Å². The van der Waals surface area contributed by atoms with E-state index in [-0.39, 0.29) is 5.91 Å². The number of nitrogens with zero attached hydrogens (tertiary/aromatic N) is 2. The maximum absolute atomic E-state index is 12.0. The number of hydrogen-bond donors (Lipinski definition) is 1. The summed E-state index contributed by atoms with van der Waals surface area (Å²) in [6, 6.07) is 17.8. The van der Waals surface area contributed by atoms with Crippen LogP contribution in [0.15, 0.2) is 58.9 Å². The van der Waals surface area contributed by atoms with Crippen molar-refractivity contribution >= 4 is 57.5 Å². The molecule has 1 amide bonds. The second kappa shape index (κ2) is 9.97. The van der Waals surface area contributed by atoms with Gasteiger partial charge in [0.15, 0.2) is 4.34 Å². The maximum Gasteiger partial charge on any atom is 0.236 e. The van der Waals surface area contributed by atoms with Crippen LogP contribution in [0.1, 0.15) is 11.1 Å². The van der Waals surface area contributed by atoms with Crippen molar-refractivity contribution in [1.29, 1.82) is 0 Å². The summed E-state index contributed by atoms with van der Waals surface area (Å²) in [4.78, 5) is 12.0. The van der Waals surface area contributed by atoms with Gasteiger partial charge in [0.2, 0.25) is 11.0 Å². The van der Waals surface area contributed by atoms with Gasteiger partial charge in [0.1, 0.15) is 0 Å². The number of aromatic nitrogens is 2. The van der Waals surface area contributed by atoms with Crippen LogP contribution < -0.4 is 5.32 Å². The zero-order valence-electron chi connectivity index (χ0n) is 13.7. The van der Waals surface area contributed by atoms with Crippen LogP contribution in [-0.4, -0.2) is 21.9 Å². The number of hydrogen-bond acceptors (Lipinski definition) is 6. The van der Waals surface area contributed by atoms with Crippen molar-refractivity contribution in [2.45, 2.75) is 15.8 Å². The smallest absolute Gasteiger partial charge is 0.236 e. The molecular formula is C18H16ClN3OS3. The number of thioether (sulfide) groups is 2. The lowest BCUT2D eigenvalue weighted by Crippen LogP contribution is -2.14. The Hall–Kier alpha value is -1.54. The molecule has 0 aliphatic rings. The van der Waals surface area contributed by atoms with Crippen molar-refractivity contribution in [3.8, 4) is 0 Å². The first-order valence-corrected chi connectivity index (χ1v) is 11.2. The van der Waals surface area contributed by atoms with Gasteiger partial charge in [-0.2, -0.15) is 0 Å². The van der Waals surface area contributed by atoms with Gasteiger partial charge in [-0.3, -0.25) is 10.1 Å². The van der Waals surface area contributed by atoms with Crippen molar-refractivity contribution in [2.75, 3.05) is 11.1 Å². The molecule has 0 aliphatic heterocycles. The fraction of sp³-hybridized carbons (Fsp3) is 0.167. The van der Waals surface area contributed by atoms with Crippen molar-refractivity contribution in [3.63, 3.8) is 0 Å². The molecule has 1 heterocycles. The topological polar surface area (TPSA) is 54.9 Å². The minimum absolute atomic E-state index is 0.0854. The number of anilines is 1. The third kappa shape index (κ3) is 6.02. The minimum Gasteiger partial charge on any atom is -0.300 e. The first-order valence-electron chi connectivity index (χ1n) is 7.82. The van der Waals surface area contributed by atoms with E-state index in [2.05, 4.69) is 27.6 Å². The molecule has 0 unspecified atom stereocenters. The second-order valence-corrected chi connectivity index (χ2v) is 8.87. The first-order chi connectivity index (χ1) is 12.7. The summed E-state index contributed by atoms with van der Waals surface area (Å²) in [7, 11) is 0. The average molecular weight is 422 g/mol. The standard InChI is InChI=1S/C18H16ClN3OS3/c19-15-9-5-4-8-14(15)11-24-12-16(23)20-17-21-22-18(26-17)25-10-13-6-2-1-3-7-13/h1-9H,10-12H2,(H,20,21,23). The highest BCUT2D eigenvalue weighted by Crippen LogP contribution is 2.28.